The predicted molar refractivity (Wildman–Crippen MR) is 84.4 cm³/mol. The second kappa shape index (κ2) is 7.81. The van der Waals surface area contributed by atoms with E-state index in [1.165, 1.54) is 25.8 Å². The topological polar surface area (TPSA) is 84.9 Å². The Morgan fingerprint density at radius 3 is 2.61 bits per heavy atom. The first-order chi connectivity index (χ1) is 10.9. The van der Waals surface area contributed by atoms with Crippen molar-refractivity contribution in [1.82, 2.24) is 5.32 Å². The molecule has 23 heavy (non-hydrogen) atoms. The van der Waals surface area contributed by atoms with Crippen molar-refractivity contribution in [2.24, 2.45) is 5.92 Å². The van der Waals surface area contributed by atoms with Gasteiger partial charge in [-0.3, -0.25) is 4.79 Å². The third-order valence-electron chi connectivity index (χ3n) is 4.32. The van der Waals surface area contributed by atoms with Crippen molar-refractivity contribution in [2.45, 2.75) is 77.2 Å². The SMILES string of the molecule is CC(=O)N[C@H]1[C@H](CC2CCCC2)OC(C(=O)OC(C)C)=C[C@@H]1O. The minimum atomic E-state index is -0.964. The molecular weight excluding hydrogens is 298 g/mol. The minimum Gasteiger partial charge on any atom is -0.481 e. The number of aliphatic hydroxyl groups is 1. The summed E-state index contributed by atoms with van der Waals surface area (Å²) in [4.78, 5) is 23.5. The zero-order chi connectivity index (χ0) is 17.0. The summed E-state index contributed by atoms with van der Waals surface area (Å²) in [5.41, 5.74) is 0. The molecule has 2 rings (SSSR count). The van der Waals surface area contributed by atoms with Crippen molar-refractivity contribution in [1.29, 1.82) is 0 Å². The second-order valence-electron chi connectivity index (χ2n) is 6.74. The van der Waals surface area contributed by atoms with E-state index in [0.717, 1.165) is 12.8 Å². The first-order valence-electron chi connectivity index (χ1n) is 8.41. The summed E-state index contributed by atoms with van der Waals surface area (Å²) in [5.74, 6) is -0.257. The number of carbonyl (C=O) groups excluding carboxylic acids is 2. The maximum absolute atomic E-state index is 12.1. The minimum absolute atomic E-state index is 0.0378. The normalized spacial score (nSPS) is 28.2. The molecule has 0 spiro atoms. The number of amides is 1. The monoisotopic (exact) mass is 325 g/mol. The van der Waals surface area contributed by atoms with Crippen LogP contribution >= 0.6 is 0 Å². The van der Waals surface area contributed by atoms with Crippen LogP contribution in [0.25, 0.3) is 0 Å². The molecule has 1 saturated carbocycles. The van der Waals surface area contributed by atoms with Crippen LogP contribution in [-0.4, -0.2) is 41.3 Å². The molecule has 130 valence electrons. The van der Waals surface area contributed by atoms with Crippen LogP contribution in [0.15, 0.2) is 11.8 Å². The zero-order valence-corrected chi connectivity index (χ0v) is 14.1. The van der Waals surface area contributed by atoms with Crippen LogP contribution in [0.4, 0.5) is 0 Å². The van der Waals surface area contributed by atoms with Crippen molar-refractivity contribution in [3.05, 3.63) is 11.8 Å². The molecule has 1 amide bonds. The third kappa shape index (κ3) is 4.96. The lowest BCUT2D eigenvalue weighted by atomic mass is 9.91. The van der Waals surface area contributed by atoms with Gasteiger partial charge in [0.25, 0.3) is 0 Å². The van der Waals surface area contributed by atoms with Gasteiger partial charge >= 0.3 is 5.97 Å². The Labute approximate surface area is 137 Å². The van der Waals surface area contributed by atoms with Gasteiger partial charge in [0.2, 0.25) is 11.7 Å². The maximum atomic E-state index is 12.1. The van der Waals surface area contributed by atoms with Gasteiger partial charge in [-0.15, -0.1) is 0 Å². The first-order valence-corrected chi connectivity index (χ1v) is 8.41. The highest BCUT2D eigenvalue weighted by molar-refractivity contribution is 5.86. The highest BCUT2D eigenvalue weighted by atomic mass is 16.6. The lowest BCUT2D eigenvalue weighted by molar-refractivity contribution is -0.150. The molecule has 0 aromatic carbocycles. The van der Waals surface area contributed by atoms with E-state index in [4.69, 9.17) is 9.47 Å². The summed E-state index contributed by atoms with van der Waals surface area (Å²) in [6, 6.07) is -0.538. The molecule has 0 radical (unpaired) electrons. The lowest BCUT2D eigenvalue weighted by Crippen LogP contribution is -2.53. The Morgan fingerprint density at radius 1 is 1.39 bits per heavy atom. The van der Waals surface area contributed by atoms with Gasteiger partial charge in [-0.25, -0.2) is 4.79 Å². The van der Waals surface area contributed by atoms with E-state index in [9.17, 15) is 14.7 Å². The molecule has 3 atom stereocenters. The number of hydrogen-bond donors (Lipinski definition) is 2. The van der Waals surface area contributed by atoms with Gasteiger partial charge in [0.05, 0.1) is 18.2 Å². The summed E-state index contributed by atoms with van der Waals surface area (Å²) in [7, 11) is 0. The summed E-state index contributed by atoms with van der Waals surface area (Å²) in [6.45, 7) is 4.92. The van der Waals surface area contributed by atoms with Gasteiger partial charge in [0.15, 0.2) is 0 Å². The molecule has 1 aliphatic carbocycles. The highest BCUT2D eigenvalue weighted by Gasteiger charge is 2.38. The van der Waals surface area contributed by atoms with Crippen LogP contribution in [0.5, 0.6) is 0 Å². The highest BCUT2D eigenvalue weighted by Crippen LogP contribution is 2.33. The van der Waals surface area contributed by atoms with Gasteiger partial charge in [-0.1, -0.05) is 25.7 Å². The van der Waals surface area contributed by atoms with Gasteiger partial charge in [-0.2, -0.15) is 0 Å². The maximum Gasteiger partial charge on any atom is 0.373 e. The number of esters is 1. The molecule has 1 aliphatic heterocycles. The summed E-state index contributed by atoms with van der Waals surface area (Å²) in [5, 5.41) is 13.1. The molecule has 0 bridgehead atoms. The van der Waals surface area contributed by atoms with Gasteiger partial charge in [0.1, 0.15) is 6.10 Å². The summed E-state index contributed by atoms with van der Waals surface area (Å²) in [6.07, 6.45) is 5.04. The zero-order valence-electron chi connectivity index (χ0n) is 14.1. The Hall–Kier alpha value is -1.56. The fraction of sp³-hybridized carbons (Fsp3) is 0.765. The molecule has 2 N–H and O–H groups in total. The fourth-order valence-electron chi connectivity index (χ4n) is 3.33. The standard InChI is InChI=1S/C17H27NO5/c1-10(2)22-17(21)15-9-13(20)16(18-11(3)19)14(23-15)8-12-6-4-5-7-12/h9-10,12-14,16,20H,4-8H2,1-3H3,(H,18,19)/t13-,14-,16+/m0/s1. The fourth-order valence-corrected chi connectivity index (χ4v) is 3.33. The van der Waals surface area contributed by atoms with Crippen molar-refractivity contribution >= 4 is 11.9 Å². The van der Waals surface area contributed by atoms with E-state index in [-0.39, 0.29) is 17.8 Å². The van der Waals surface area contributed by atoms with Crippen molar-refractivity contribution in [3.8, 4) is 0 Å². The Bertz CT molecular complexity index is 468. The number of aliphatic hydroxyl groups excluding tert-OH is 1. The number of carbonyl (C=O) groups is 2. The number of rotatable bonds is 5. The van der Waals surface area contributed by atoms with Crippen LogP contribution in [0, 0.1) is 5.92 Å². The van der Waals surface area contributed by atoms with E-state index in [0.29, 0.717) is 12.3 Å². The molecule has 0 saturated heterocycles. The van der Waals surface area contributed by atoms with Gasteiger partial charge < -0.3 is 19.9 Å². The van der Waals surface area contributed by atoms with Crippen molar-refractivity contribution < 1.29 is 24.2 Å². The molecule has 1 fully saturated rings. The molecule has 6 heteroatoms. The molecule has 1 heterocycles. The first kappa shape index (κ1) is 17.8. The lowest BCUT2D eigenvalue weighted by Gasteiger charge is -2.36. The predicted octanol–water partition coefficient (Wildman–Crippen LogP) is 1.67. The third-order valence-corrected chi connectivity index (χ3v) is 4.32. The Kier molecular flexibility index (Phi) is 6.04. The molecule has 2 aliphatic rings. The Balaban J connectivity index is 2.12. The van der Waals surface area contributed by atoms with Crippen molar-refractivity contribution in [3.63, 3.8) is 0 Å². The van der Waals surface area contributed by atoms with Crippen LogP contribution in [-0.2, 0) is 19.1 Å². The number of nitrogens with one attached hydrogen (secondary N) is 1. The Morgan fingerprint density at radius 2 is 2.04 bits per heavy atom. The molecule has 6 nitrogen and oxygen atoms in total. The summed E-state index contributed by atoms with van der Waals surface area (Å²) < 4.78 is 10.9. The van der Waals surface area contributed by atoms with Crippen molar-refractivity contribution in [2.75, 3.05) is 0 Å². The van der Waals surface area contributed by atoms with Gasteiger partial charge in [-0.05, 0) is 32.3 Å². The number of ether oxygens (including phenoxy) is 2. The quantitative estimate of drug-likeness (QED) is 0.751. The molecule has 0 aromatic heterocycles. The van der Waals surface area contributed by atoms with E-state index in [1.54, 1.807) is 13.8 Å². The average molecular weight is 325 g/mol. The van der Waals surface area contributed by atoms with Crippen LogP contribution < -0.4 is 5.32 Å². The average Bonchev–Trinajstić information content (AvgIpc) is 2.94. The largest absolute Gasteiger partial charge is 0.481 e. The van der Waals surface area contributed by atoms with E-state index in [2.05, 4.69) is 5.32 Å². The smallest absolute Gasteiger partial charge is 0.373 e. The molecular formula is C17H27NO5. The number of hydrogen-bond acceptors (Lipinski definition) is 5. The van der Waals surface area contributed by atoms with E-state index in [1.807, 2.05) is 0 Å². The molecule has 0 unspecified atom stereocenters. The van der Waals surface area contributed by atoms with E-state index >= 15 is 0 Å². The second-order valence-corrected chi connectivity index (χ2v) is 6.74. The van der Waals surface area contributed by atoms with Crippen LogP contribution in [0.3, 0.4) is 0 Å². The van der Waals surface area contributed by atoms with E-state index < -0.39 is 24.2 Å². The summed E-state index contributed by atoms with van der Waals surface area (Å²) >= 11 is 0. The molecule has 0 aromatic rings. The van der Waals surface area contributed by atoms with Crippen LogP contribution in [0.2, 0.25) is 0 Å². The van der Waals surface area contributed by atoms with Crippen LogP contribution in [0.1, 0.15) is 52.9 Å². The van der Waals surface area contributed by atoms with Gasteiger partial charge in [0, 0.05) is 6.92 Å².